The number of carbonyl (C=O) groups excluding carboxylic acids is 1. The van der Waals surface area contributed by atoms with Gasteiger partial charge in [0.25, 0.3) is 0 Å². The SMILES string of the molecule is CC1(C)Cc2cc(C(=O)C3C4CCCC43)ccc2O1. The van der Waals surface area contributed by atoms with Crippen LogP contribution in [0.1, 0.15) is 49.0 Å². The van der Waals surface area contributed by atoms with E-state index < -0.39 is 0 Å². The first kappa shape index (κ1) is 11.5. The van der Waals surface area contributed by atoms with Crippen molar-refractivity contribution in [3.05, 3.63) is 29.3 Å². The first-order chi connectivity index (χ1) is 9.05. The molecule has 100 valence electrons. The fourth-order valence-corrected chi connectivity index (χ4v) is 4.17. The average Bonchev–Trinajstić information content (AvgIpc) is 2.71. The van der Waals surface area contributed by atoms with Gasteiger partial charge in [-0.1, -0.05) is 6.42 Å². The Morgan fingerprint density at radius 3 is 2.74 bits per heavy atom. The zero-order valence-electron chi connectivity index (χ0n) is 11.6. The molecule has 2 nitrogen and oxygen atoms in total. The maximum absolute atomic E-state index is 12.5. The van der Waals surface area contributed by atoms with Crippen LogP contribution in [-0.2, 0) is 6.42 Å². The fourth-order valence-electron chi connectivity index (χ4n) is 4.17. The van der Waals surface area contributed by atoms with Crippen molar-refractivity contribution in [2.45, 2.75) is 45.1 Å². The molecule has 0 N–H and O–H groups in total. The third-order valence-corrected chi connectivity index (χ3v) is 5.06. The molecule has 2 aliphatic carbocycles. The number of ketones is 1. The van der Waals surface area contributed by atoms with Crippen LogP contribution in [0.2, 0.25) is 0 Å². The molecule has 0 aromatic heterocycles. The van der Waals surface area contributed by atoms with Gasteiger partial charge in [0, 0.05) is 17.9 Å². The monoisotopic (exact) mass is 256 g/mol. The number of ether oxygens (including phenoxy) is 1. The second-order valence-electron chi connectivity index (χ2n) is 7.01. The molecule has 0 saturated heterocycles. The molecule has 2 atom stereocenters. The number of rotatable bonds is 2. The lowest BCUT2D eigenvalue weighted by molar-refractivity contribution is 0.0951. The first-order valence-corrected chi connectivity index (χ1v) is 7.41. The summed E-state index contributed by atoms with van der Waals surface area (Å²) in [6.45, 7) is 4.19. The molecule has 0 bridgehead atoms. The lowest BCUT2D eigenvalue weighted by atomic mass is 9.96. The van der Waals surface area contributed by atoms with Crippen LogP contribution in [0.3, 0.4) is 0 Å². The lowest BCUT2D eigenvalue weighted by Crippen LogP contribution is -2.24. The quantitative estimate of drug-likeness (QED) is 0.755. The minimum atomic E-state index is -0.125. The number of hydrogen-bond donors (Lipinski definition) is 0. The summed E-state index contributed by atoms with van der Waals surface area (Å²) in [5.41, 5.74) is 1.97. The van der Waals surface area contributed by atoms with Gasteiger partial charge < -0.3 is 4.74 Å². The molecule has 0 spiro atoms. The van der Waals surface area contributed by atoms with Crippen LogP contribution in [0.5, 0.6) is 5.75 Å². The minimum absolute atomic E-state index is 0.125. The van der Waals surface area contributed by atoms with Gasteiger partial charge in [-0.05, 0) is 62.3 Å². The van der Waals surface area contributed by atoms with E-state index in [1.165, 1.54) is 24.8 Å². The highest BCUT2D eigenvalue weighted by atomic mass is 16.5. The van der Waals surface area contributed by atoms with Crippen LogP contribution >= 0.6 is 0 Å². The van der Waals surface area contributed by atoms with E-state index in [4.69, 9.17) is 4.74 Å². The van der Waals surface area contributed by atoms with Crippen LogP contribution < -0.4 is 4.74 Å². The molecule has 4 rings (SSSR count). The Bertz CT molecular complexity index is 548. The maximum Gasteiger partial charge on any atom is 0.166 e. The molecule has 1 aromatic rings. The van der Waals surface area contributed by atoms with Gasteiger partial charge in [-0.25, -0.2) is 0 Å². The molecule has 2 heteroatoms. The van der Waals surface area contributed by atoms with Crippen LogP contribution in [0.25, 0.3) is 0 Å². The molecule has 2 fully saturated rings. The van der Waals surface area contributed by atoms with Crippen LogP contribution in [-0.4, -0.2) is 11.4 Å². The third kappa shape index (κ3) is 1.73. The van der Waals surface area contributed by atoms with Crippen LogP contribution in [0.15, 0.2) is 18.2 Å². The summed E-state index contributed by atoms with van der Waals surface area (Å²) in [7, 11) is 0. The van der Waals surface area contributed by atoms with Crippen LogP contribution in [0, 0.1) is 17.8 Å². The third-order valence-electron chi connectivity index (χ3n) is 5.06. The number of benzene rings is 1. The Labute approximate surface area is 114 Å². The van der Waals surface area contributed by atoms with Crippen molar-refractivity contribution in [3.63, 3.8) is 0 Å². The molecular formula is C17H20O2. The Hall–Kier alpha value is -1.31. The first-order valence-electron chi connectivity index (χ1n) is 7.41. The van der Waals surface area contributed by atoms with Gasteiger partial charge in [-0.3, -0.25) is 4.79 Å². The van der Waals surface area contributed by atoms with Gasteiger partial charge in [-0.15, -0.1) is 0 Å². The summed E-state index contributed by atoms with van der Waals surface area (Å²) in [5, 5.41) is 0. The molecule has 1 heterocycles. The van der Waals surface area contributed by atoms with Crippen LogP contribution in [0.4, 0.5) is 0 Å². The number of hydrogen-bond acceptors (Lipinski definition) is 2. The Morgan fingerprint density at radius 1 is 1.26 bits per heavy atom. The largest absolute Gasteiger partial charge is 0.487 e. The molecule has 19 heavy (non-hydrogen) atoms. The Kier molecular flexibility index (Phi) is 2.19. The van der Waals surface area contributed by atoms with Gasteiger partial charge in [0.1, 0.15) is 11.4 Å². The molecular weight excluding hydrogens is 236 g/mol. The van der Waals surface area contributed by atoms with E-state index >= 15 is 0 Å². The zero-order chi connectivity index (χ0) is 13.2. The van der Waals surface area contributed by atoms with Crippen molar-refractivity contribution in [3.8, 4) is 5.75 Å². The van der Waals surface area contributed by atoms with E-state index in [2.05, 4.69) is 19.9 Å². The number of Topliss-reactive ketones (excluding diaryl/α,β-unsaturated/α-hetero) is 1. The fraction of sp³-hybridized carbons (Fsp3) is 0.588. The van der Waals surface area contributed by atoms with Crippen molar-refractivity contribution in [1.82, 2.24) is 0 Å². The van der Waals surface area contributed by atoms with E-state index in [-0.39, 0.29) is 5.60 Å². The smallest absolute Gasteiger partial charge is 0.166 e. The van der Waals surface area contributed by atoms with E-state index in [0.29, 0.717) is 23.5 Å². The topological polar surface area (TPSA) is 26.3 Å². The van der Waals surface area contributed by atoms with Gasteiger partial charge in [0.05, 0.1) is 0 Å². The van der Waals surface area contributed by atoms with Crippen molar-refractivity contribution >= 4 is 5.78 Å². The minimum Gasteiger partial charge on any atom is -0.487 e. The summed E-state index contributed by atoms with van der Waals surface area (Å²) < 4.78 is 5.87. The molecule has 1 aliphatic heterocycles. The van der Waals surface area contributed by atoms with Crippen molar-refractivity contribution < 1.29 is 9.53 Å². The highest BCUT2D eigenvalue weighted by molar-refractivity contribution is 6.00. The van der Waals surface area contributed by atoms with Crippen molar-refractivity contribution in [2.24, 2.45) is 17.8 Å². The van der Waals surface area contributed by atoms with Gasteiger partial charge in [0.15, 0.2) is 5.78 Å². The van der Waals surface area contributed by atoms with Crippen molar-refractivity contribution in [2.75, 3.05) is 0 Å². The predicted octanol–water partition coefficient (Wildman–Crippen LogP) is 3.63. The van der Waals surface area contributed by atoms with Crippen molar-refractivity contribution in [1.29, 1.82) is 0 Å². The molecule has 3 aliphatic rings. The van der Waals surface area contributed by atoms with E-state index in [1.807, 2.05) is 12.1 Å². The highest BCUT2D eigenvalue weighted by Crippen LogP contribution is 2.58. The molecule has 2 unspecified atom stereocenters. The van der Waals surface area contributed by atoms with E-state index in [0.717, 1.165) is 17.7 Å². The summed E-state index contributed by atoms with van der Waals surface area (Å²) in [6.07, 6.45) is 4.76. The summed E-state index contributed by atoms with van der Waals surface area (Å²) in [5.74, 6) is 3.07. The molecule has 0 amide bonds. The zero-order valence-corrected chi connectivity index (χ0v) is 11.6. The maximum atomic E-state index is 12.5. The second kappa shape index (κ2) is 3.62. The predicted molar refractivity (Wildman–Crippen MR) is 73.5 cm³/mol. The highest BCUT2D eigenvalue weighted by Gasteiger charge is 2.56. The Balaban J connectivity index is 1.59. The summed E-state index contributed by atoms with van der Waals surface area (Å²) in [4.78, 5) is 12.5. The van der Waals surface area contributed by atoms with Gasteiger partial charge in [0.2, 0.25) is 0 Å². The van der Waals surface area contributed by atoms with Gasteiger partial charge in [-0.2, -0.15) is 0 Å². The molecule has 0 radical (unpaired) electrons. The molecule has 2 saturated carbocycles. The Morgan fingerprint density at radius 2 is 2.00 bits per heavy atom. The van der Waals surface area contributed by atoms with E-state index in [1.54, 1.807) is 0 Å². The normalized spacial score (nSPS) is 33.5. The lowest BCUT2D eigenvalue weighted by Gasteiger charge is -2.16. The summed E-state index contributed by atoms with van der Waals surface area (Å²) >= 11 is 0. The van der Waals surface area contributed by atoms with Gasteiger partial charge >= 0.3 is 0 Å². The standard InChI is InChI=1S/C17H20O2/c1-17(2)9-11-8-10(6-7-14(11)19-17)16(18)15-12-4-3-5-13(12)15/h6-8,12-13,15H,3-5,9H2,1-2H3. The average molecular weight is 256 g/mol. The summed E-state index contributed by atoms with van der Waals surface area (Å²) in [6, 6.07) is 6.01. The van der Waals surface area contributed by atoms with E-state index in [9.17, 15) is 4.79 Å². The number of fused-ring (bicyclic) bond motifs is 2. The number of carbonyl (C=O) groups is 1. The second-order valence-corrected chi connectivity index (χ2v) is 7.01. The molecule has 1 aromatic carbocycles.